The third-order valence-electron chi connectivity index (χ3n) is 6.18. The van der Waals surface area contributed by atoms with E-state index in [-0.39, 0.29) is 5.91 Å². The summed E-state index contributed by atoms with van der Waals surface area (Å²) in [6.07, 6.45) is 6.31. The van der Waals surface area contributed by atoms with Crippen molar-refractivity contribution in [3.63, 3.8) is 0 Å². The average Bonchev–Trinajstić information content (AvgIpc) is 3.29. The predicted molar refractivity (Wildman–Crippen MR) is 117 cm³/mol. The molecule has 0 bridgehead atoms. The lowest BCUT2D eigenvalue weighted by Gasteiger charge is -2.35. The summed E-state index contributed by atoms with van der Waals surface area (Å²) >= 11 is 0. The fourth-order valence-corrected chi connectivity index (χ4v) is 4.34. The van der Waals surface area contributed by atoms with Gasteiger partial charge in [-0.1, -0.05) is 48.5 Å². The Kier molecular flexibility index (Phi) is 6.57. The van der Waals surface area contributed by atoms with Gasteiger partial charge in [0.1, 0.15) is 0 Å². The maximum absolute atomic E-state index is 12.7. The minimum atomic E-state index is 0.209. The fourth-order valence-electron chi connectivity index (χ4n) is 4.34. The Morgan fingerprint density at radius 2 is 1.63 bits per heavy atom. The topological polar surface area (TPSA) is 59.2 Å². The average molecular weight is 404 g/mol. The first-order valence-electron chi connectivity index (χ1n) is 10.9. The first-order chi connectivity index (χ1) is 14.7. The second-order valence-electron chi connectivity index (χ2n) is 8.14. The van der Waals surface area contributed by atoms with E-state index in [4.69, 9.17) is 4.42 Å². The SMILES string of the molecule is CN(C(=O)CCCc1nnc(-c2ccccc2)o1)C1CCC(c2ccccc2)CC1. The third kappa shape index (κ3) is 4.96. The van der Waals surface area contributed by atoms with E-state index in [9.17, 15) is 4.79 Å². The lowest BCUT2D eigenvalue weighted by atomic mass is 9.81. The van der Waals surface area contributed by atoms with Crippen molar-refractivity contribution in [2.45, 2.75) is 56.9 Å². The van der Waals surface area contributed by atoms with Gasteiger partial charge in [0.25, 0.3) is 0 Å². The number of hydrogen-bond acceptors (Lipinski definition) is 4. The van der Waals surface area contributed by atoms with Gasteiger partial charge < -0.3 is 9.32 Å². The van der Waals surface area contributed by atoms with Crippen molar-refractivity contribution < 1.29 is 9.21 Å². The number of hydrogen-bond donors (Lipinski definition) is 0. The van der Waals surface area contributed by atoms with Crippen LogP contribution in [0.15, 0.2) is 65.1 Å². The molecule has 0 N–H and O–H groups in total. The minimum absolute atomic E-state index is 0.209. The summed E-state index contributed by atoms with van der Waals surface area (Å²) < 4.78 is 5.74. The number of carbonyl (C=O) groups excluding carboxylic acids is 1. The highest BCUT2D eigenvalue weighted by Gasteiger charge is 2.27. The zero-order valence-electron chi connectivity index (χ0n) is 17.5. The molecule has 3 aromatic rings. The summed E-state index contributed by atoms with van der Waals surface area (Å²) in [6, 6.07) is 20.8. The lowest BCUT2D eigenvalue weighted by molar-refractivity contribution is -0.132. The van der Waals surface area contributed by atoms with Crippen molar-refractivity contribution in [1.82, 2.24) is 15.1 Å². The number of carbonyl (C=O) groups is 1. The van der Waals surface area contributed by atoms with Gasteiger partial charge in [-0.05, 0) is 55.7 Å². The van der Waals surface area contributed by atoms with E-state index >= 15 is 0 Å². The van der Waals surface area contributed by atoms with Crippen molar-refractivity contribution in [3.8, 4) is 11.5 Å². The largest absolute Gasteiger partial charge is 0.421 e. The molecule has 1 aromatic heterocycles. The summed E-state index contributed by atoms with van der Waals surface area (Å²) in [4.78, 5) is 14.6. The van der Waals surface area contributed by atoms with Gasteiger partial charge in [0.2, 0.25) is 17.7 Å². The highest BCUT2D eigenvalue weighted by molar-refractivity contribution is 5.76. The van der Waals surface area contributed by atoms with Gasteiger partial charge >= 0.3 is 0 Å². The molecule has 1 amide bonds. The van der Waals surface area contributed by atoms with Crippen LogP contribution in [0.1, 0.15) is 55.9 Å². The maximum Gasteiger partial charge on any atom is 0.247 e. The summed E-state index contributed by atoms with van der Waals surface area (Å²) in [5.41, 5.74) is 2.34. The van der Waals surface area contributed by atoms with Crippen molar-refractivity contribution in [1.29, 1.82) is 0 Å². The van der Waals surface area contributed by atoms with Gasteiger partial charge in [-0.15, -0.1) is 10.2 Å². The highest BCUT2D eigenvalue weighted by atomic mass is 16.4. The third-order valence-corrected chi connectivity index (χ3v) is 6.18. The van der Waals surface area contributed by atoms with E-state index < -0.39 is 0 Å². The molecular formula is C25H29N3O2. The van der Waals surface area contributed by atoms with Gasteiger partial charge in [0, 0.05) is 31.5 Å². The monoisotopic (exact) mass is 403 g/mol. The van der Waals surface area contributed by atoms with Crippen LogP contribution in [-0.2, 0) is 11.2 Å². The Hall–Kier alpha value is -2.95. The molecule has 156 valence electrons. The Labute approximate surface area is 178 Å². The lowest BCUT2D eigenvalue weighted by Crippen LogP contribution is -2.39. The van der Waals surface area contributed by atoms with Crippen LogP contribution in [0.3, 0.4) is 0 Å². The molecule has 0 atom stereocenters. The molecule has 0 unspecified atom stereocenters. The van der Waals surface area contributed by atoms with E-state index in [1.165, 1.54) is 5.56 Å². The first-order valence-corrected chi connectivity index (χ1v) is 10.9. The molecule has 2 aromatic carbocycles. The van der Waals surface area contributed by atoms with Crippen LogP contribution >= 0.6 is 0 Å². The van der Waals surface area contributed by atoms with Crippen LogP contribution in [0, 0.1) is 0 Å². The van der Waals surface area contributed by atoms with Crippen LogP contribution in [0.4, 0.5) is 0 Å². The molecule has 30 heavy (non-hydrogen) atoms. The molecule has 0 spiro atoms. The van der Waals surface area contributed by atoms with Gasteiger partial charge in [0.15, 0.2) is 0 Å². The van der Waals surface area contributed by atoms with E-state index in [0.717, 1.165) is 37.7 Å². The molecule has 5 heteroatoms. The van der Waals surface area contributed by atoms with Gasteiger partial charge in [-0.25, -0.2) is 0 Å². The minimum Gasteiger partial charge on any atom is -0.421 e. The molecule has 1 saturated carbocycles. The van der Waals surface area contributed by atoms with Crippen LogP contribution in [0.2, 0.25) is 0 Å². The number of amides is 1. The zero-order valence-corrected chi connectivity index (χ0v) is 17.5. The Bertz CT molecular complexity index is 931. The molecule has 0 aliphatic heterocycles. The van der Waals surface area contributed by atoms with Gasteiger partial charge in [0.05, 0.1) is 0 Å². The molecule has 5 nitrogen and oxygen atoms in total. The molecule has 0 saturated heterocycles. The Balaban J connectivity index is 1.21. The number of aromatic nitrogens is 2. The van der Waals surface area contributed by atoms with E-state index in [1.807, 2.05) is 42.3 Å². The molecule has 0 radical (unpaired) electrons. The summed E-state index contributed by atoms with van der Waals surface area (Å²) in [5, 5.41) is 8.23. The number of benzene rings is 2. The van der Waals surface area contributed by atoms with Crippen LogP contribution in [-0.4, -0.2) is 34.1 Å². The van der Waals surface area contributed by atoms with Gasteiger partial charge in [-0.3, -0.25) is 4.79 Å². The number of rotatable bonds is 7. The fraction of sp³-hybridized carbons (Fsp3) is 0.400. The van der Waals surface area contributed by atoms with Crippen molar-refractivity contribution >= 4 is 5.91 Å². The zero-order chi connectivity index (χ0) is 20.8. The number of aryl methyl sites for hydroxylation is 1. The van der Waals surface area contributed by atoms with Gasteiger partial charge in [-0.2, -0.15) is 0 Å². The van der Waals surface area contributed by atoms with E-state index in [0.29, 0.717) is 36.6 Å². The normalized spacial score (nSPS) is 18.8. The molecule has 1 heterocycles. The van der Waals surface area contributed by atoms with Crippen molar-refractivity contribution in [2.75, 3.05) is 7.05 Å². The van der Waals surface area contributed by atoms with Crippen LogP contribution in [0.25, 0.3) is 11.5 Å². The standard InChI is InChI=1S/C25H29N3O2/c1-28(22-17-15-20(16-18-22)19-9-4-2-5-10-19)24(29)14-8-13-23-26-27-25(30-23)21-11-6-3-7-12-21/h2-7,9-12,20,22H,8,13-18H2,1H3. The van der Waals surface area contributed by atoms with Crippen molar-refractivity contribution in [3.05, 3.63) is 72.1 Å². The smallest absolute Gasteiger partial charge is 0.247 e. The van der Waals surface area contributed by atoms with E-state index in [1.54, 1.807) is 0 Å². The Morgan fingerprint density at radius 3 is 2.33 bits per heavy atom. The molecular weight excluding hydrogens is 374 g/mol. The molecule has 4 rings (SSSR count). The van der Waals surface area contributed by atoms with Crippen LogP contribution < -0.4 is 0 Å². The van der Waals surface area contributed by atoms with Crippen molar-refractivity contribution in [2.24, 2.45) is 0 Å². The van der Waals surface area contributed by atoms with Crippen LogP contribution in [0.5, 0.6) is 0 Å². The molecule has 1 aliphatic carbocycles. The Morgan fingerprint density at radius 1 is 0.967 bits per heavy atom. The summed E-state index contributed by atoms with van der Waals surface area (Å²) in [7, 11) is 1.95. The molecule has 1 aliphatic rings. The molecule has 1 fully saturated rings. The second kappa shape index (κ2) is 9.70. The quantitative estimate of drug-likeness (QED) is 0.541. The number of nitrogens with zero attached hydrogens (tertiary/aromatic N) is 3. The maximum atomic E-state index is 12.7. The first kappa shape index (κ1) is 20.3. The van der Waals surface area contributed by atoms with E-state index in [2.05, 4.69) is 40.5 Å². The summed E-state index contributed by atoms with van der Waals surface area (Å²) in [5.74, 6) is 1.96. The summed E-state index contributed by atoms with van der Waals surface area (Å²) in [6.45, 7) is 0. The second-order valence-corrected chi connectivity index (χ2v) is 8.14. The highest BCUT2D eigenvalue weighted by Crippen LogP contribution is 2.34. The predicted octanol–water partition coefficient (Wildman–Crippen LogP) is 5.24.